The van der Waals surface area contributed by atoms with E-state index in [9.17, 15) is 4.79 Å². The van der Waals surface area contributed by atoms with Gasteiger partial charge >= 0.3 is 0 Å². The first-order chi connectivity index (χ1) is 11.1. The van der Waals surface area contributed by atoms with Gasteiger partial charge < -0.3 is 10.2 Å². The highest BCUT2D eigenvalue weighted by molar-refractivity contribution is 7.13. The summed E-state index contributed by atoms with van der Waals surface area (Å²) in [6.45, 7) is 7.77. The largest absolute Gasteiger partial charge is 0.350 e. The van der Waals surface area contributed by atoms with E-state index in [1.807, 2.05) is 25.4 Å². The third-order valence-corrected chi connectivity index (χ3v) is 5.25. The van der Waals surface area contributed by atoms with Crippen LogP contribution in [0.3, 0.4) is 0 Å². The van der Waals surface area contributed by atoms with Crippen molar-refractivity contribution in [3.8, 4) is 0 Å². The fourth-order valence-corrected chi connectivity index (χ4v) is 4.24. The van der Waals surface area contributed by atoms with Crippen molar-refractivity contribution in [2.24, 2.45) is 0 Å². The zero-order valence-electron chi connectivity index (χ0n) is 13.9. The summed E-state index contributed by atoms with van der Waals surface area (Å²) in [5, 5.41) is 6.19. The van der Waals surface area contributed by atoms with Crippen LogP contribution in [0.2, 0.25) is 0 Å². The van der Waals surface area contributed by atoms with Crippen molar-refractivity contribution in [2.75, 3.05) is 18.0 Å². The number of nitrogens with zero attached hydrogens (tertiary/aromatic N) is 2. The van der Waals surface area contributed by atoms with Gasteiger partial charge in [-0.05, 0) is 44.7 Å². The molecule has 0 radical (unpaired) electrons. The van der Waals surface area contributed by atoms with Gasteiger partial charge in [0.15, 0.2) is 5.13 Å². The third kappa shape index (κ3) is 3.39. The third-order valence-electron chi connectivity index (χ3n) is 4.44. The Morgan fingerprint density at radius 3 is 2.74 bits per heavy atom. The second kappa shape index (κ2) is 6.71. The summed E-state index contributed by atoms with van der Waals surface area (Å²) in [7, 11) is 0. The number of rotatable bonds is 4. The Hall–Kier alpha value is -1.88. The van der Waals surface area contributed by atoms with Crippen molar-refractivity contribution < 1.29 is 4.79 Å². The molecule has 0 spiro atoms. The molecule has 3 rings (SSSR count). The molecule has 0 bridgehead atoms. The topological polar surface area (TPSA) is 45.2 Å². The minimum atomic E-state index is 0.0333. The van der Waals surface area contributed by atoms with Crippen molar-refractivity contribution in [1.29, 1.82) is 0 Å². The fourth-order valence-electron chi connectivity index (χ4n) is 3.49. The lowest BCUT2D eigenvalue weighted by atomic mass is 9.99. The first-order valence-corrected chi connectivity index (χ1v) is 8.96. The number of carbonyl (C=O) groups excluding carboxylic acids is 1. The van der Waals surface area contributed by atoms with Crippen LogP contribution >= 0.6 is 11.3 Å². The second-order valence-corrected chi connectivity index (χ2v) is 7.16. The van der Waals surface area contributed by atoms with Crippen molar-refractivity contribution in [3.05, 3.63) is 46.0 Å². The smallest absolute Gasteiger partial charge is 0.251 e. The first kappa shape index (κ1) is 16.0. The van der Waals surface area contributed by atoms with E-state index in [2.05, 4.69) is 34.3 Å². The minimum absolute atomic E-state index is 0.0333. The van der Waals surface area contributed by atoms with E-state index in [0.29, 0.717) is 12.6 Å². The van der Waals surface area contributed by atoms with Gasteiger partial charge in [-0.15, -0.1) is 11.3 Å². The molecule has 1 atom stereocenters. The van der Waals surface area contributed by atoms with Crippen LogP contribution in [0.4, 0.5) is 5.13 Å². The predicted octanol–water partition coefficient (Wildman–Crippen LogP) is 3.47. The summed E-state index contributed by atoms with van der Waals surface area (Å²) in [6.07, 6.45) is 4.10. The number of carbonyl (C=O) groups is 1. The molecule has 1 fully saturated rings. The summed E-state index contributed by atoms with van der Waals surface area (Å²) in [6, 6.07) is 4.48. The van der Waals surface area contributed by atoms with Gasteiger partial charge in [0.2, 0.25) is 0 Å². The van der Waals surface area contributed by atoms with Gasteiger partial charge in [0.25, 0.3) is 5.91 Å². The highest BCUT2D eigenvalue weighted by Gasteiger charge is 2.27. The number of benzene rings is 1. The Labute approximate surface area is 141 Å². The van der Waals surface area contributed by atoms with Crippen LogP contribution in [0, 0.1) is 20.8 Å². The highest BCUT2D eigenvalue weighted by Crippen LogP contribution is 2.27. The molecule has 5 heteroatoms. The normalized spacial score (nSPS) is 17.5. The van der Waals surface area contributed by atoms with Crippen LogP contribution in [0.15, 0.2) is 23.7 Å². The molecule has 1 amide bonds. The van der Waals surface area contributed by atoms with Crippen molar-refractivity contribution in [1.82, 2.24) is 10.3 Å². The molecular formula is C18H23N3OS. The molecule has 1 aliphatic rings. The van der Waals surface area contributed by atoms with Gasteiger partial charge in [0.1, 0.15) is 0 Å². The Kier molecular flexibility index (Phi) is 4.66. The number of aromatic nitrogens is 1. The summed E-state index contributed by atoms with van der Waals surface area (Å²) in [4.78, 5) is 19.3. The molecule has 1 aromatic heterocycles. The second-order valence-electron chi connectivity index (χ2n) is 6.29. The van der Waals surface area contributed by atoms with Crippen LogP contribution in [0.25, 0.3) is 0 Å². The van der Waals surface area contributed by atoms with Crippen LogP contribution in [0.5, 0.6) is 0 Å². The summed E-state index contributed by atoms with van der Waals surface area (Å²) in [5.41, 5.74) is 4.10. The van der Waals surface area contributed by atoms with Crippen molar-refractivity contribution in [2.45, 2.75) is 39.7 Å². The Balaban J connectivity index is 1.67. The molecule has 0 aliphatic carbocycles. The van der Waals surface area contributed by atoms with E-state index in [0.717, 1.165) is 41.2 Å². The van der Waals surface area contributed by atoms with Gasteiger partial charge in [0, 0.05) is 36.3 Å². The molecule has 122 valence electrons. The lowest BCUT2D eigenvalue weighted by Gasteiger charge is -2.24. The average molecular weight is 329 g/mol. The molecule has 4 nitrogen and oxygen atoms in total. The van der Waals surface area contributed by atoms with Gasteiger partial charge in [-0.25, -0.2) is 4.98 Å². The summed E-state index contributed by atoms with van der Waals surface area (Å²) < 4.78 is 0. The maximum atomic E-state index is 12.6. The highest BCUT2D eigenvalue weighted by atomic mass is 32.1. The van der Waals surface area contributed by atoms with Crippen molar-refractivity contribution >= 4 is 22.4 Å². The molecular weight excluding hydrogens is 306 g/mol. The van der Waals surface area contributed by atoms with Crippen LogP contribution in [-0.4, -0.2) is 30.0 Å². The van der Waals surface area contributed by atoms with E-state index in [1.54, 1.807) is 11.3 Å². The lowest BCUT2D eigenvalue weighted by molar-refractivity contribution is 0.0950. The van der Waals surface area contributed by atoms with Crippen LogP contribution in [-0.2, 0) is 0 Å². The number of anilines is 1. The molecule has 1 N–H and O–H groups in total. The maximum Gasteiger partial charge on any atom is 0.251 e. The quantitative estimate of drug-likeness (QED) is 0.934. The number of aryl methyl sites for hydroxylation is 3. The SMILES string of the molecule is Cc1cc(C)c(C(=O)NCC2CCCN2c2nccs2)c(C)c1. The number of nitrogens with one attached hydrogen (secondary N) is 1. The molecule has 1 aromatic carbocycles. The summed E-state index contributed by atoms with van der Waals surface area (Å²) in [5.74, 6) is 0.0333. The summed E-state index contributed by atoms with van der Waals surface area (Å²) >= 11 is 1.66. The van der Waals surface area contributed by atoms with Gasteiger partial charge in [0.05, 0.1) is 0 Å². The van der Waals surface area contributed by atoms with Crippen molar-refractivity contribution in [3.63, 3.8) is 0 Å². The average Bonchev–Trinajstić information content (AvgIpc) is 3.15. The van der Waals surface area contributed by atoms with E-state index < -0.39 is 0 Å². The van der Waals surface area contributed by atoms with Gasteiger partial charge in [-0.3, -0.25) is 4.79 Å². The molecule has 0 saturated carbocycles. The Bertz CT molecular complexity index is 673. The Morgan fingerprint density at radius 1 is 1.35 bits per heavy atom. The monoisotopic (exact) mass is 329 g/mol. The molecule has 23 heavy (non-hydrogen) atoms. The van der Waals surface area contributed by atoms with E-state index in [4.69, 9.17) is 0 Å². The molecule has 1 aliphatic heterocycles. The zero-order chi connectivity index (χ0) is 16.4. The Morgan fingerprint density at radius 2 is 2.09 bits per heavy atom. The van der Waals surface area contributed by atoms with Gasteiger partial charge in [-0.1, -0.05) is 17.7 Å². The number of hydrogen-bond acceptors (Lipinski definition) is 4. The maximum absolute atomic E-state index is 12.6. The number of thiazole rings is 1. The first-order valence-electron chi connectivity index (χ1n) is 8.08. The minimum Gasteiger partial charge on any atom is -0.350 e. The van der Waals surface area contributed by atoms with Crippen LogP contribution in [0.1, 0.15) is 39.9 Å². The zero-order valence-corrected chi connectivity index (χ0v) is 14.7. The predicted molar refractivity (Wildman–Crippen MR) is 95.5 cm³/mol. The van der Waals surface area contributed by atoms with Gasteiger partial charge in [-0.2, -0.15) is 0 Å². The molecule has 2 heterocycles. The van der Waals surface area contributed by atoms with Crippen LogP contribution < -0.4 is 10.2 Å². The van der Waals surface area contributed by atoms with E-state index >= 15 is 0 Å². The number of hydrogen-bond donors (Lipinski definition) is 1. The standard InChI is InChI=1S/C18H23N3OS/c1-12-9-13(2)16(14(3)10-12)17(22)20-11-15-5-4-7-21(15)18-19-6-8-23-18/h6,8-10,15H,4-5,7,11H2,1-3H3,(H,20,22). The number of amides is 1. The van der Waals surface area contributed by atoms with E-state index in [1.165, 1.54) is 5.56 Å². The van der Waals surface area contributed by atoms with E-state index in [-0.39, 0.29) is 5.91 Å². The fraction of sp³-hybridized carbons (Fsp3) is 0.444. The lowest BCUT2D eigenvalue weighted by Crippen LogP contribution is -2.40. The molecule has 2 aromatic rings. The molecule has 1 saturated heterocycles. The molecule has 1 unspecified atom stereocenters.